The summed E-state index contributed by atoms with van der Waals surface area (Å²) in [5, 5.41) is 0. The molecule has 2 nitrogen and oxygen atoms in total. The van der Waals surface area contributed by atoms with Gasteiger partial charge in [0.15, 0.2) is 0 Å². The molecule has 0 aromatic heterocycles. The quantitative estimate of drug-likeness (QED) is 0.801. The molecule has 1 rings (SSSR count). The minimum atomic E-state index is 0.332. The fraction of sp³-hybridized carbons (Fsp3) is 0.778. The molecule has 0 aromatic rings. The maximum atomic E-state index is 5.83. The van der Waals surface area contributed by atoms with Crippen LogP contribution in [0.5, 0.6) is 0 Å². The van der Waals surface area contributed by atoms with Crippen LogP contribution in [0.2, 0.25) is 0 Å². The summed E-state index contributed by atoms with van der Waals surface area (Å²) in [6.45, 7) is 9.18. The van der Waals surface area contributed by atoms with Crippen molar-refractivity contribution >= 4 is 15.9 Å². The molecule has 0 aliphatic carbocycles. The van der Waals surface area contributed by atoms with Gasteiger partial charge in [0.05, 0.1) is 0 Å². The third kappa shape index (κ3) is 2.88. The van der Waals surface area contributed by atoms with Gasteiger partial charge in [0, 0.05) is 23.6 Å². The van der Waals surface area contributed by atoms with Crippen molar-refractivity contribution < 1.29 is 0 Å². The van der Waals surface area contributed by atoms with Crippen LogP contribution in [0.1, 0.15) is 13.3 Å². The van der Waals surface area contributed by atoms with E-state index in [1.807, 2.05) is 0 Å². The van der Waals surface area contributed by atoms with E-state index in [-0.39, 0.29) is 0 Å². The zero-order chi connectivity index (χ0) is 9.14. The number of halogens is 1. The van der Waals surface area contributed by atoms with Gasteiger partial charge in [-0.2, -0.15) is 0 Å². The maximum absolute atomic E-state index is 5.83. The Hall–Kier alpha value is 0.140. The smallest absolute Gasteiger partial charge is 0.0294 e. The second-order valence-electron chi connectivity index (χ2n) is 3.66. The molecule has 1 aliphatic heterocycles. The van der Waals surface area contributed by atoms with Crippen molar-refractivity contribution in [1.82, 2.24) is 4.90 Å². The van der Waals surface area contributed by atoms with Crippen LogP contribution >= 0.6 is 15.9 Å². The highest BCUT2D eigenvalue weighted by Crippen LogP contribution is 2.20. The predicted molar refractivity (Wildman–Crippen MR) is 56.3 cm³/mol. The monoisotopic (exact) mass is 232 g/mol. The van der Waals surface area contributed by atoms with E-state index in [2.05, 4.69) is 34.3 Å². The highest BCUT2D eigenvalue weighted by molar-refractivity contribution is 9.11. The summed E-state index contributed by atoms with van der Waals surface area (Å²) in [6, 6.07) is 0.332. The van der Waals surface area contributed by atoms with E-state index in [1.54, 1.807) is 0 Å². The van der Waals surface area contributed by atoms with E-state index in [0.29, 0.717) is 12.0 Å². The van der Waals surface area contributed by atoms with Crippen molar-refractivity contribution in [3.8, 4) is 0 Å². The molecule has 2 unspecified atom stereocenters. The van der Waals surface area contributed by atoms with Gasteiger partial charge in [-0.05, 0) is 25.8 Å². The summed E-state index contributed by atoms with van der Waals surface area (Å²) < 4.78 is 1.06. The van der Waals surface area contributed by atoms with Crippen LogP contribution in [-0.4, -0.2) is 30.6 Å². The van der Waals surface area contributed by atoms with Gasteiger partial charge in [0.25, 0.3) is 0 Å². The molecule has 1 aliphatic rings. The molecular formula is C9H17BrN2. The normalized spacial score (nSPS) is 27.4. The number of hydrogen-bond donors (Lipinski definition) is 1. The lowest BCUT2D eigenvalue weighted by atomic mass is 10.0. The van der Waals surface area contributed by atoms with Crippen LogP contribution < -0.4 is 5.73 Å². The minimum Gasteiger partial charge on any atom is -0.328 e. The third-order valence-corrected chi connectivity index (χ3v) is 2.70. The fourth-order valence-electron chi connectivity index (χ4n) is 1.68. The number of nitrogens with two attached hydrogens (primary N) is 1. The van der Waals surface area contributed by atoms with Crippen molar-refractivity contribution in [2.75, 3.05) is 19.6 Å². The van der Waals surface area contributed by atoms with Crippen LogP contribution in [0.4, 0.5) is 0 Å². The number of likely N-dealkylation sites (tertiary alicyclic amines) is 1. The van der Waals surface area contributed by atoms with Gasteiger partial charge in [-0.1, -0.05) is 22.5 Å². The van der Waals surface area contributed by atoms with Crippen LogP contribution in [0.25, 0.3) is 0 Å². The molecule has 0 amide bonds. The average molecular weight is 233 g/mol. The Balaban J connectivity index is 2.30. The molecule has 1 heterocycles. The Morgan fingerprint density at radius 3 is 2.92 bits per heavy atom. The van der Waals surface area contributed by atoms with E-state index in [1.165, 1.54) is 6.42 Å². The van der Waals surface area contributed by atoms with Crippen molar-refractivity contribution in [2.45, 2.75) is 19.4 Å². The summed E-state index contributed by atoms with van der Waals surface area (Å²) >= 11 is 3.37. The Morgan fingerprint density at radius 2 is 2.50 bits per heavy atom. The van der Waals surface area contributed by atoms with Crippen molar-refractivity contribution in [3.05, 3.63) is 11.1 Å². The molecule has 0 saturated carbocycles. The van der Waals surface area contributed by atoms with Crippen molar-refractivity contribution in [2.24, 2.45) is 11.7 Å². The van der Waals surface area contributed by atoms with E-state index < -0.39 is 0 Å². The van der Waals surface area contributed by atoms with E-state index in [9.17, 15) is 0 Å². The molecule has 2 atom stereocenters. The highest BCUT2D eigenvalue weighted by Gasteiger charge is 2.24. The van der Waals surface area contributed by atoms with Gasteiger partial charge in [-0.15, -0.1) is 0 Å². The summed E-state index contributed by atoms with van der Waals surface area (Å²) in [5.41, 5.74) is 5.83. The molecule has 3 heteroatoms. The lowest BCUT2D eigenvalue weighted by molar-refractivity contribution is 0.345. The predicted octanol–water partition coefficient (Wildman–Crippen LogP) is 1.56. The van der Waals surface area contributed by atoms with Crippen LogP contribution in [0.15, 0.2) is 11.1 Å². The number of rotatable bonds is 3. The topological polar surface area (TPSA) is 29.3 Å². The van der Waals surface area contributed by atoms with Crippen LogP contribution in [-0.2, 0) is 0 Å². The lowest BCUT2D eigenvalue weighted by Gasteiger charge is -2.16. The first-order valence-corrected chi connectivity index (χ1v) is 5.20. The number of nitrogens with zero attached hydrogens (tertiary/aromatic N) is 1. The summed E-state index contributed by atoms with van der Waals surface area (Å²) in [7, 11) is 0. The summed E-state index contributed by atoms with van der Waals surface area (Å²) in [4.78, 5) is 2.39. The molecule has 12 heavy (non-hydrogen) atoms. The fourth-order valence-corrected chi connectivity index (χ4v) is 2.03. The highest BCUT2D eigenvalue weighted by atomic mass is 79.9. The van der Waals surface area contributed by atoms with E-state index >= 15 is 0 Å². The molecule has 1 saturated heterocycles. The average Bonchev–Trinajstić information content (AvgIpc) is 2.34. The molecule has 70 valence electrons. The second-order valence-corrected chi connectivity index (χ2v) is 4.78. The molecule has 0 bridgehead atoms. The molecule has 0 spiro atoms. The molecule has 0 radical (unpaired) electrons. The van der Waals surface area contributed by atoms with Gasteiger partial charge in [0.1, 0.15) is 0 Å². The van der Waals surface area contributed by atoms with Crippen molar-refractivity contribution in [1.29, 1.82) is 0 Å². The van der Waals surface area contributed by atoms with Crippen LogP contribution in [0.3, 0.4) is 0 Å². The minimum absolute atomic E-state index is 0.332. The summed E-state index contributed by atoms with van der Waals surface area (Å²) in [5.74, 6) is 0.678. The van der Waals surface area contributed by atoms with E-state index in [0.717, 1.165) is 24.1 Å². The zero-order valence-electron chi connectivity index (χ0n) is 7.59. The van der Waals surface area contributed by atoms with Gasteiger partial charge in [0.2, 0.25) is 0 Å². The van der Waals surface area contributed by atoms with Crippen molar-refractivity contribution in [3.63, 3.8) is 0 Å². The molecule has 1 fully saturated rings. The SMILES string of the molecule is C=C(Br)CN1CCC(C(C)N)C1. The Labute approximate surface area is 82.9 Å². The van der Waals surface area contributed by atoms with E-state index in [4.69, 9.17) is 5.73 Å². The van der Waals surface area contributed by atoms with Crippen LogP contribution in [0, 0.1) is 5.92 Å². The lowest BCUT2D eigenvalue weighted by Crippen LogP contribution is -2.30. The molecular weight excluding hydrogens is 216 g/mol. The third-order valence-electron chi connectivity index (χ3n) is 2.45. The van der Waals surface area contributed by atoms with Gasteiger partial charge < -0.3 is 5.73 Å². The summed E-state index contributed by atoms with van der Waals surface area (Å²) in [6.07, 6.45) is 1.23. The first-order chi connectivity index (χ1) is 5.59. The first kappa shape index (κ1) is 10.2. The molecule has 2 N–H and O–H groups in total. The number of hydrogen-bond acceptors (Lipinski definition) is 2. The molecule has 0 aromatic carbocycles. The Kier molecular flexibility index (Phi) is 3.75. The Bertz CT molecular complexity index is 168. The largest absolute Gasteiger partial charge is 0.328 e. The Morgan fingerprint density at radius 1 is 1.83 bits per heavy atom. The standard InChI is InChI=1S/C9H17BrN2/c1-7(10)5-12-4-3-9(6-12)8(2)11/h8-9H,1,3-6,11H2,2H3. The zero-order valence-corrected chi connectivity index (χ0v) is 9.18. The first-order valence-electron chi connectivity index (χ1n) is 4.41. The van der Waals surface area contributed by atoms with Gasteiger partial charge >= 0.3 is 0 Å². The van der Waals surface area contributed by atoms with Gasteiger partial charge in [-0.3, -0.25) is 4.90 Å². The second kappa shape index (κ2) is 4.40. The maximum Gasteiger partial charge on any atom is 0.0294 e. The van der Waals surface area contributed by atoms with Gasteiger partial charge in [-0.25, -0.2) is 0 Å².